The maximum atomic E-state index is 12.4. The van der Waals surface area contributed by atoms with Gasteiger partial charge in [-0.15, -0.1) is 0 Å². The minimum atomic E-state index is -3.02. The molecule has 7 nitrogen and oxygen atoms in total. The van der Waals surface area contributed by atoms with Gasteiger partial charge in [-0.2, -0.15) is 5.10 Å². The normalized spacial score (nSPS) is 20.3. The molecule has 0 aliphatic carbocycles. The van der Waals surface area contributed by atoms with Crippen LogP contribution in [0.1, 0.15) is 42.4 Å². The highest BCUT2D eigenvalue weighted by molar-refractivity contribution is 7.91. The van der Waals surface area contributed by atoms with E-state index in [0.717, 1.165) is 11.0 Å². The number of carbonyl (C=O) groups is 1. The maximum Gasteiger partial charge on any atom is 0.253 e. The van der Waals surface area contributed by atoms with E-state index in [0.29, 0.717) is 17.7 Å². The first-order valence-electron chi connectivity index (χ1n) is 7.63. The number of nitrogens with zero attached hydrogens (tertiary/aromatic N) is 3. The second kappa shape index (κ2) is 5.59. The molecule has 1 atom stereocenters. The SMILES string of the molecule is Cc1nc2c(cnn2C(C)C)cc1C(=O)N[C@@H]1CCS(=O)(=O)C1. The van der Waals surface area contributed by atoms with Gasteiger partial charge in [-0.05, 0) is 33.3 Å². The molecule has 3 heterocycles. The zero-order valence-electron chi connectivity index (χ0n) is 13.4. The first kappa shape index (κ1) is 15.9. The molecule has 0 spiro atoms. The second-order valence-corrected chi connectivity index (χ2v) is 8.52. The highest BCUT2D eigenvalue weighted by atomic mass is 32.2. The number of fused-ring (bicyclic) bond motifs is 1. The summed E-state index contributed by atoms with van der Waals surface area (Å²) in [4.78, 5) is 16.9. The third kappa shape index (κ3) is 3.08. The number of hydrogen-bond acceptors (Lipinski definition) is 5. The van der Waals surface area contributed by atoms with E-state index in [-0.39, 0.29) is 29.5 Å². The lowest BCUT2D eigenvalue weighted by atomic mass is 10.1. The highest BCUT2D eigenvalue weighted by Gasteiger charge is 2.29. The molecule has 124 valence electrons. The minimum absolute atomic E-state index is 0.0126. The number of pyridine rings is 1. The second-order valence-electron chi connectivity index (χ2n) is 6.29. The number of hydrogen-bond donors (Lipinski definition) is 1. The molecule has 1 saturated heterocycles. The van der Waals surface area contributed by atoms with Gasteiger partial charge in [-0.25, -0.2) is 18.1 Å². The molecule has 8 heteroatoms. The Balaban J connectivity index is 1.88. The van der Waals surface area contributed by atoms with Crippen molar-refractivity contribution >= 4 is 26.8 Å². The fraction of sp³-hybridized carbons (Fsp3) is 0.533. The zero-order chi connectivity index (χ0) is 16.8. The molecule has 0 radical (unpaired) electrons. The van der Waals surface area contributed by atoms with Crippen LogP contribution in [0, 0.1) is 6.92 Å². The van der Waals surface area contributed by atoms with Crippen LogP contribution in [-0.4, -0.2) is 46.6 Å². The molecule has 1 amide bonds. The number of carbonyl (C=O) groups excluding carboxylic acids is 1. The van der Waals surface area contributed by atoms with Gasteiger partial charge in [0, 0.05) is 17.5 Å². The molecule has 3 rings (SSSR count). The van der Waals surface area contributed by atoms with E-state index in [4.69, 9.17) is 0 Å². The Morgan fingerprint density at radius 3 is 2.78 bits per heavy atom. The fourth-order valence-corrected chi connectivity index (χ4v) is 4.52. The molecule has 0 saturated carbocycles. The molecule has 0 bridgehead atoms. The molecule has 1 aliphatic rings. The molecule has 2 aromatic heterocycles. The average Bonchev–Trinajstić information content (AvgIpc) is 3.00. The third-order valence-electron chi connectivity index (χ3n) is 4.06. The lowest BCUT2D eigenvalue weighted by Crippen LogP contribution is -2.36. The third-order valence-corrected chi connectivity index (χ3v) is 5.83. The number of aromatic nitrogens is 3. The summed E-state index contributed by atoms with van der Waals surface area (Å²) in [6.45, 7) is 5.81. The number of nitrogens with one attached hydrogen (secondary N) is 1. The van der Waals surface area contributed by atoms with Crippen molar-refractivity contribution in [2.45, 2.75) is 39.3 Å². The van der Waals surface area contributed by atoms with Crippen LogP contribution >= 0.6 is 0 Å². The molecular weight excluding hydrogens is 316 g/mol. The first-order valence-corrected chi connectivity index (χ1v) is 9.45. The molecule has 0 unspecified atom stereocenters. The van der Waals surface area contributed by atoms with Gasteiger partial charge in [0.25, 0.3) is 5.91 Å². The largest absolute Gasteiger partial charge is 0.348 e. The Labute approximate surface area is 135 Å². The summed E-state index contributed by atoms with van der Waals surface area (Å²) in [5, 5.41) is 7.90. The Kier molecular flexibility index (Phi) is 3.87. The van der Waals surface area contributed by atoms with Gasteiger partial charge in [-0.1, -0.05) is 0 Å². The van der Waals surface area contributed by atoms with Crippen molar-refractivity contribution in [2.24, 2.45) is 0 Å². The zero-order valence-corrected chi connectivity index (χ0v) is 14.2. The smallest absolute Gasteiger partial charge is 0.253 e. The molecule has 1 N–H and O–H groups in total. The minimum Gasteiger partial charge on any atom is -0.348 e. The van der Waals surface area contributed by atoms with Crippen molar-refractivity contribution in [3.63, 3.8) is 0 Å². The summed E-state index contributed by atoms with van der Waals surface area (Å²) in [6.07, 6.45) is 2.16. The molecule has 2 aromatic rings. The summed E-state index contributed by atoms with van der Waals surface area (Å²) in [5.74, 6) is -0.134. The summed E-state index contributed by atoms with van der Waals surface area (Å²) >= 11 is 0. The van der Waals surface area contributed by atoms with Crippen LogP contribution in [0.4, 0.5) is 0 Å². The number of amides is 1. The maximum absolute atomic E-state index is 12.4. The van der Waals surface area contributed by atoms with Crippen LogP contribution in [0.15, 0.2) is 12.3 Å². The van der Waals surface area contributed by atoms with E-state index < -0.39 is 9.84 Å². The van der Waals surface area contributed by atoms with Crippen molar-refractivity contribution < 1.29 is 13.2 Å². The quantitative estimate of drug-likeness (QED) is 0.910. The van der Waals surface area contributed by atoms with Crippen molar-refractivity contribution in [1.29, 1.82) is 0 Å². The van der Waals surface area contributed by atoms with Crippen LogP contribution in [0.5, 0.6) is 0 Å². The number of rotatable bonds is 3. The first-order chi connectivity index (χ1) is 10.8. The van der Waals surface area contributed by atoms with E-state index in [1.165, 1.54) is 0 Å². The Bertz CT molecular complexity index is 870. The molecule has 0 aromatic carbocycles. The monoisotopic (exact) mass is 336 g/mol. The molecule has 23 heavy (non-hydrogen) atoms. The van der Waals surface area contributed by atoms with Crippen molar-refractivity contribution in [3.8, 4) is 0 Å². The van der Waals surface area contributed by atoms with Crippen LogP contribution < -0.4 is 5.32 Å². The van der Waals surface area contributed by atoms with Gasteiger partial charge < -0.3 is 5.32 Å². The Morgan fingerprint density at radius 1 is 1.43 bits per heavy atom. The number of sulfone groups is 1. The van der Waals surface area contributed by atoms with Crippen molar-refractivity contribution in [1.82, 2.24) is 20.1 Å². The Morgan fingerprint density at radius 2 is 2.17 bits per heavy atom. The standard InChI is InChI=1S/C15H20N4O3S/c1-9(2)19-14-11(7-16-19)6-13(10(3)17-14)15(20)18-12-4-5-23(21,22)8-12/h6-7,9,12H,4-5,8H2,1-3H3,(H,18,20)/t12-/m1/s1. The number of aryl methyl sites for hydroxylation is 1. The van der Waals surface area contributed by atoms with Gasteiger partial charge in [0.1, 0.15) is 0 Å². The lowest BCUT2D eigenvalue weighted by Gasteiger charge is -2.13. The average molecular weight is 336 g/mol. The topological polar surface area (TPSA) is 93.9 Å². The van der Waals surface area contributed by atoms with Gasteiger partial charge in [0.2, 0.25) is 0 Å². The molecule has 1 fully saturated rings. The van der Waals surface area contributed by atoms with Gasteiger partial charge in [0.15, 0.2) is 15.5 Å². The van der Waals surface area contributed by atoms with Crippen molar-refractivity contribution in [3.05, 3.63) is 23.5 Å². The summed E-state index contributed by atoms with van der Waals surface area (Å²) in [7, 11) is -3.02. The van der Waals surface area contributed by atoms with Crippen LogP contribution in [-0.2, 0) is 9.84 Å². The van der Waals surface area contributed by atoms with Gasteiger partial charge in [0.05, 0.1) is 29.0 Å². The van der Waals surface area contributed by atoms with Crippen LogP contribution in [0.3, 0.4) is 0 Å². The molecule has 1 aliphatic heterocycles. The predicted molar refractivity (Wildman–Crippen MR) is 87.2 cm³/mol. The summed E-state index contributed by atoms with van der Waals surface area (Å²) < 4.78 is 24.8. The van der Waals surface area contributed by atoms with E-state index in [1.54, 1.807) is 19.2 Å². The predicted octanol–water partition coefficient (Wildman–Crippen LogP) is 1.24. The Hall–Kier alpha value is -1.96. The van der Waals surface area contributed by atoms with E-state index in [1.807, 2.05) is 18.5 Å². The lowest BCUT2D eigenvalue weighted by molar-refractivity contribution is 0.0940. The highest BCUT2D eigenvalue weighted by Crippen LogP contribution is 2.20. The molecular formula is C15H20N4O3S. The van der Waals surface area contributed by atoms with Gasteiger partial charge in [-0.3, -0.25) is 4.79 Å². The van der Waals surface area contributed by atoms with E-state index in [2.05, 4.69) is 15.4 Å². The van der Waals surface area contributed by atoms with E-state index >= 15 is 0 Å². The van der Waals surface area contributed by atoms with Crippen LogP contribution in [0.2, 0.25) is 0 Å². The van der Waals surface area contributed by atoms with E-state index in [9.17, 15) is 13.2 Å². The summed E-state index contributed by atoms with van der Waals surface area (Å²) in [6, 6.07) is 1.63. The summed E-state index contributed by atoms with van der Waals surface area (Å²) in [5.41, 5.74) is 1.82. The van der Waals surface area contributed by atoms with Crippen molar-refractivity contribution in [2.75, 3.05) is 11.5 Å². The fourth-order valence-electron chi connectivity index (χ4n) is 2.85. The van der Waals surface area contributed by atoms with Gasteiger partial charge >= 0.3 is 0 Å². The van der Waals surface area contributed by atoms with Crippen LogP contribution in [0.25, 0.3) is 11.0 Å².